The maximum atomic E-state index is 13.1. The molecule has 1 unspecified atom stereocenters. The predicted molar refractivity (Wildman–Crippen MR) is 107 cm³/mol. The molecule has 0 saturated carbocycles. The second-order valence-corrected chi connectivity index (χ2v) is 9.41. The highest BCUT2D eigenvalue weighted by Crippen LogP contribution is 2.32. The monoisotopic (exact) mass is 435 g/mol. The van der Waals surface area contributed by atoms with Crippen molar-refractivity contribution >= 4 is 21.6 Å². The molecule has 29 heavy (non-hydrogen) atoms. The van der Waals surface area contributed by atoms with E-state index >= 15 is 0 Å². The van der Waals surface area contributed by atoms with Gasteiger partial charge in [-0.2, -0.15) is 9.29 Å². The molecule has 9 heteroatoms. The summed E-state index contributed by atoms with van der Waals surface area (Å²) in [6, 6.07) is 10.7. The summed E-state index contributed by atoms with van der Waals surface area (Å²) in [5.74, 6) is 0.158. The van der Waals surface area contributed by atoms with Crippen molar-refractivity contribution in [2.75, 3.05) is 13.1 Å². The number of aryl methyl sites for hydroxylation is 1. The van der Waals surface area contributed by atoms with Gasteiger partial charge in [0.15, 0.2) is 0 Å². The molecular weight excluding hydrogens is 417 g/mol. The van der Waals surface area contributed by atoms with Crippen LogP contribution in [0, 0.1) is 12.7 Å². The van der Waals surface area contributed by atoms with E-state index < -0.39 is 10.0 Å². The number of hydrogen-bond acceptors (Lipinski definition) is 5. The van der Waals surface area contributed by atoms with Crippen molar-refractivity contribution in [1.82, 2.24) is 14.4 Å². The van der Waals surface area contributed by atoms with Crippen molar-refractivity contribution in [2.24, 2.45) is 0 Å². The van der Waals surface area contributed by atoms with Crippen molar-refractivity contribution in [1.29, 1.82) is 0 Å². The quantitative estimate of drug-likeness (QED) is 0.606. The number of rotatable bonds is 4. The van der Waals surface area contributed by atoms with E-state index in [1.165, 1.54) is 22.5 Å². The van der Waals surface area contributed by atoms with Gasteiger partial charge in [0.05, 0.1) is 10.9 Å². The summed E-state index contributed by atoms with van der Waals surface area (Å²) in [5, 5.41) is 4.17. The van der Waals surface area contributed by atoms with Gasteiger partial charge in [0, 0.05) is 18.7 Å². The minimum Gasteiger partial charge on any atom is -0.339 e. The summed E-state index contributed by atoms with van der Waals surface area (Å²) in [7, 11) is -3.73. The van der Waals surface area contributed by atoms with Crippen molar-refractivity contribution < 1.29 is 17.3 Å². The molecule has 4 rings (SSSR count). The van der Waals surface area contributed by atoms with E-state index in [1.807, 2.05) is 6.92 Å². The lowest BCUT2D eigenvalue weighted by atomic mass is 10.00. The van der Waals surface area contributed by atoms with E-state index in [0.29, 0.717) is 30.2 Å². The molecule has 1 saturated heterocycles. The summed E-state index contributed by atoms with van der Waals surface area (Å²) in [4.78, 5) is 4.50. The van der Waals surface area contributed by atoms with Crippen molar-refractivity contribution in [3.63, 3.8) is 0 Å². The van der Waals surface area contributed by atoms with E-state index in [1.54, 1.807) is 24.3 Å². The Kier molecular flexibility index (Phi) is 5.42. The number of piperidine rings is 1. The molecule has 0 radical (unpaired) electrons. The Bertz CT molecular complexity index is 1130. The van der Waals surface area contributed by atoms with Gasteiger partial charge in [0.25, 0.3) is 0 Å². The van der Waals surface area contributed by atoms with Gasteiger partial charge in [0.2, 0.25) is 21.7 Å². The van der Waals surface area contributed by atoms with Crippen LogP contribution in [0.15, 0.2) is 51.9 Å². The maximum absolute atomic E-state index is 13.1. The zero-order chi connectivity index (χ0) is 20.6. The van der Waals surface area contributed by atoms with Gasteiger partial charge in [-0.1, -0.05) is 22.8 Å². The Labute approximate surface area is 173 Å². The van der Waals surface area contributed by atoms with Gasteiger partial charge in [0.1, 0.15) is 10.7 Å². The van der Waals surface area contributed by atoms with E-state index in [-0.39, 0.29) is 28.2 Å². The Hall–Kier alpha value is -2.29. The fraction of sp³-hybridized carbons (Fsp3) is 0.300. The highest BCUT2D eigenvalue weighted by atomic mass is 35.5. The molecule has 0 aliphatic carbocycles. The predicted octanol–water partition coefficient (Wildman–Crippen LogP) is 4.41. The van der Waals surface area contributed by atoms with Gasteiger partial charge < -0.3 is 4.52 Å². The van der Waals surface area contributed by atoms with Crippen LogP contribution in [-0.4, -0.2) is 36.0 Å². The Morgan fingerprint density at radius 3 is 2.69 bits per heavy atom. The lowest BCUT2D eigenvalue weighted by Gasteiger charge is -2.30. The topological polar surface area (TPSA) is 76.3 Å². The number of nitrogens with zero attached hydrogens (tertiary/aromatic N) is 3. The van der Waals surface area contributed by atoms with Gasteiger partial charge >= 0.3 is 0 Å². The van der Waals surface area contributed by atoms with Crippen LogP contribution in [0.5, 0.6) is 0 Å². The van der Waals surface area contributed by atoms with Crippen LogP contribution < -0.4 is 0 Å². The molecule has 3 aromatic rings. The summed E-state index contributed by atoms with van der Waals surface area (Å²) < 4.78 is 46.1. The van der Waals surface area contributed by atoms with Crippen LogP contribution in [-0.2, 0) is 10.0 Å². The normalized spacial score (nSPS) is 18.1. The summed E-state index contributed by atoms with van der Waals surface area (Å²) in [6.45, 7) is 2.49. The van der Waals surface area contributed by atoms with E-state index in [9.17, 15) is 12.8 Å². The minimum atomic E-state index is -3.73. The van der Waals surface area contributed by atoms with Crippen molar-refractivity contribution in [3.05, 3.63) is 64.8 Å². The maximum Gasteiger partial charge on any atom is 0.244 e. The molecule has 2 heterocycles. The Morgan fingerprint density at radius 1 is 1.21 bits per heavy atom. The minimum absolute atomic E-state index is 0.1000. The zero-order valence-corrected chi connectivity index (χ0v) is 17.3. The number of hydrogen-bond donors (Lipinski definition) is 0. The second-order valence-electron chi connectivity index (χ2n) is 7.10. The van der Waals surface area contributed by atoms with Gasteiger partial charge in [-0.3, -0.25) is 0 Å². The van der Waals surface area contributed by atoms with Crippen LogP contribution in [0.25, 0.3) is 11.4 Å². The number of sulfonamides is 1. The lowest BCUT2D eigenvalue weighted by molar-refractivity contribution is 0.265. The van der Waals surface area contributed by atoms with Crippen LogP contribution in [0.4, 0.5) is 4.39 Å². The molecule has 1 aliphatic heterocycles. The zero-order valence-electron chi connectivity index (χ0n) is 15.7. The molecule has 1 aliphatic rings. The smallest absolute Gasteiger partial charge is 0.244 e. The summed E-state index contributed by atoms with van der Waals surface area (Å²) in [5.41, 5.74) is 1.53. The standard InChI is InChI=1S/C20H19ClFN3O3S/c1-13-4-9-18(17(21)11-13)29(26,27)25-10-2-3-15(12-25)20-23-19(24-28-20)14-5-7-16(22)8-6-14/h4-9,11,15H,2-3,10,12H2,1H3. The molecule has 2 aromatic carbocycles. The summed E-state index contributed by atoms with van der Waals surface area (Å²) in [6.07, 6.45) is 1.40. The van der Waals surface area contributed by atoms with Crippen molar-refractivity contribution in [2.45, 2.75) is 30.6 Å². The highest BCUT2D eigenvalue weighted by molar-refractivity contribution is 7.89. The average molecular weight is 436 g/mol. The average Bonchev–Trinajstić information content (AvgIpc) is 3.18. The number of aromatic nitrogens is 2. The van der Waals surface area contributed by atoms with Gasteiger partial charge in [-0.25, -0.2) is 12.8 Å². The van der Waals surface area contributed by atoms with E-state index in [2.05, 4.69) is 10.1 Å². The first-order chi connectivity index (χ1) is 13.8. The molecule has 0 N–H and O–H groups in total. The van der Waals surface area contributed by atoms with Crippen LogP contribution >= 0.6 is 11.6 Å². The molecule has 1 fully saturated rings. The Balaban J connectivity index is 1.56. The molecule has 0 bridgehead atoms. The van der Waals surface area contributed by atoms with Crippen LogP contribution in [0.2, 0.25) is 5.02 Å². The molecular formula is C20H19ClFN3O3S. The molecule has 0 amide bonds. The lowest BCUT2D eigenvalue weighted by Crippen LogP contribution is -2.39. The molecule has 0 spiro atoms. The van der Waals surface area contributed by atoms with Crippen LogP contribution in [0.3, 0.4) is 0 Å². The first kappa shape index (κ1) is 20.0. The third-order valence-corrected chi connectivity index (χ3v) is 7.33. The fourth-order valence-electron chi connectivity index (χ4n) is 3.43. The highest BCUT2D eigenvalue weighted by Gasteiger charge is 2.34. The van der Waals surface area contributed by atoms with E-state index in [0.717, 1.165) is 12.0 Å². The molecule has 6 nitrogen and oxygen atoms in total. The molecule has 152 valence electrons. The first-order valence-electron chi connectivity index (χ1n) is 9.20. The fourth-order valence-corrected chi connectivity index (χ4v) is 5.53. The molecule has 1 aromatic heterocycles. The number of benzene rings is 2. The molecule has 1 atom stereocenters. The second kappa shape index (κ2) is 7.85. The van der Waals surface area contributed by atoms with Gasteiger partial charge in [-0.15, -0.1) is 0 Å². The number of halogens is 2. The van der Waals surface area contributed by atoms with Gasteiger partial charge in [-0.05, 0) is 61.7 Å². The van der Waals surface area contributed by atoms with Crippen molar-refractivity contribution in [3.8, 4) is 11.4 Å². The summed E-state index contributed by atoms with van der Waals surface area (Å²) >= 11 is 6.20. The third-order valence-electron chi connectivity index (χ3n) is 4.98. The van der Waals surface area contributed by atoms with E-state index in [4.69, 9.17) is 16.1 Å². The first-order valence-corrected chi connectivity index (χ1v) is 11.0. The Morgan fingerprint density at radius 2 is 1.97 bits per heavy atom. The largest absolute Gasteiger partial charge is 0.339 e. The SMILES string of the molecule is Cc1ccc(S(=O)(=O)N2CCCC(c3nc(-c4ccc(F)cc4)no3)C2)c(Cl)c1. The van der Waals surface area contributed by atoms with Crippen LogP contribution in [0.1, 0.15) is 30.2 Å². The third kappa shape index (κ3) is 4.05.